The molecule has 10 nitrogen and oxygen atoms in total. The van der Waals surface area contributed by atoms with Gasteiger partial charge in [0.25, 0.3) is 0 Å². The minimum absolute atomic E-state index is 0.0118. The van der Waals surface area contributed by atoms with Gasteiger partial charge in [0.15, 0.2) is 11.4 Å². The number of hydrogen-bond acceptors (Lipinski definition) is 8. The van der Waals surface area contributed by atoms with Crippen LogP contribution in [0, 0.1) is 0 Å². The van der Waals surface area contributed by atoms with E-state index in [0.717, 1.165) is 48.5 Å². The van der Waals surface area contributed by atoms with Gasteiger partial charge in [-0.1, -0.05) is 0 Å². The highest BCUT2D eigenvalue weighted by Gasteiger charge is 2.28. The number of rotatable bonds is 5. The summed E-state index contributed by atoms with van der Waals surface area (Å²) in [6.07, 6.45) is 4.86. The number of hydrogen-bond donors (Lipinski definition) is 2. The lowest BCUT2D eigenvalue weighted by atomic mass is 10.0. The molecule has 0 saturated carbocycles. The number of ether oxygens (including phenoxy) is 1. The summed E-state index contributed by atoms with van der Waals surface area (Å²) in [7, 11) is 0. The molecule has 0 unspecified atom stereocenters. The zero-order chi connectivity index (χ0) is 23.3. The lowest BCUT2D eigenvalue weighted by molar-refractivity contribution is -0.119. The molecule has 10 heteroatoms. The highest BCUT2D eigenvalue weighted by molar-refractivity contribution is 5.92. The summed E-state index contributed by atoms with van der Waals surface area (Å²) in [6, 6.07) is 7.56. The van der Waals surface area contributed by atoms with Crippen molar-refractivity contribution in [2.45, 2.75) is 38.3 Å². The number of carbonyl (C=O) groups is 1. The minimum Gasteiger partial charge on any atom is -0.474 e. The van der Waals surface area contributed by atoms with Crippen molar-refractivity contribution in [3.63, 3.8) is 0 Å². The Morgan fingerprint density at radius 3 is 3.00 bits per heavy atom. The van der Waals surface area contributed by atoms with Crippen molar-refractivity contribution in [2.24, 2.45) is 0 Å². The molecule has 4 aromatic rings. The lowest BCUT2D eigenvalue weighted by Crippen LogP contribution is -2.57. The van der Waals surface area contributed by atoms with Crippen LogP contribution >= 0.6 is 0 Å². The normalized spacial score (nSPS) is 20.2. The Bertz CT molecular complexity index is 1380. The van der Waals surface area contributed by atoms with Gasteiger partial charge in [0.05, 0.1) is 17.6 Å². The van der Waals surface area contributed by atoms with E-state index >= 15 is 0 Å². The Kier molecular flexibility index (Phi) is 4.91. The van der Waals surface area contributed by atoms with Crippen LogP contribution in [0.4, 0.5) is 5.82 Å². The fourth-order valence-electron chi connectivity index (χ4n) is 4.74. The maximum absolute atomic E-state index is 11.4. The van der Waals surface area contributed by atoms with Crippen molar-refractivity contribution in [1.29, 1.82) is 0 Å². The Labute approximate surface area is 196 Å². The summed E-state index contributed by atoms with van der Waals surface area (Å²) in [5.74, 6) is 2.12. The van der Waals surface area contributed by atoms with Crippen LogP contribution in [0.3, 0.4) is 0 Å². The van der Waals surface area contributed by atoms with E-state index in [1.54, 1.807) is 23.0 Å². The molecule has 2 N–H and O–H groups in total. The third-order valence-electron chi connectivity index (χ3n) is 6.40. The average Bonchev–Trinajstić information content (AvgIpc) is 3.54. The summed E-state index contributed by atoms with van der Waals surface area (Å²) in [5, 5.41) is 12.0. The van der Waals surface area contributed by atoms with Gasteiger partial charge < -0.3 is 24.7 Å². The van der Waals surface area contributed by atoms with Gasteiger partial charge in [0.1, 0.15) is 23.7 Å². The van der Waals surface area contributed by atoms with Crippen LogP contribution in [0.25, 0.3) is 28.1 Å². The second kappa shape index (κ2) is 7.98. The molecule has 0 aromatic carbocycles. The van der Waals surface area contributed by atoms with Crippen LogP contribution < -0.4 is 20.3 Å². The first-order valence-electron chi connectivity index (χ1n) is 11.6. The molecule has 1 amide bonds. The number of aromatic nitrogens is 4. The van der Waals surface area contributed by atoms with E-state index in [-0.39, 0.29) is 17.5 Å². The van der Waals surface area contributed by atoms with E-state index in [1.165, 1.54) is 0 Å². The molecule has 176 valence electrons. The summed E-state index contributed by atoms with van der Waals surface area (Å²) < 4.78 is 13.8. The Morgan fingerprint density at radius 1 is 1.26 bits per heavy atom. The SMILES string of the molecule is CC1(C)CN(c2nccc3oc(-c4cnc5ccc(OC[C@H]6CCC(=O)N6)nn45)cc23)CCN1. The maximum atomic E-state index is 11.4. The zero-order valence-corrected chi connectivity index (χ0v) is 19.2. The van der Waals surface area contributed by atoms with E-state index in [9.17, 15) is 4.79 Å². The predicted molar refractivity (Wildman–Crippen MR) is 127 cm³/mol. The van der Waals surface area contributed by atoms with Crippen LogP contribution in [0.1, 0.15) is 26.7 Å². The van der Waals surface area contributed by atoms with Crippen LogP contribution in [0.2, 0.25) is 0 Å². The standard InChI is InChI=1S/C24H27N7O3/c1-24(2)14-30(10-9-27-24)23-16-11-19(34-18(16)7-8-25-23)17-12-26-20-4-6-22(29-31(17)20)33-13-15-3-5-21(32)28-15/h4,6-8,11-12,15,27H,3,5,9-10,13-14H2,1-2H3,(H,28,32)/t15-/m1/s1. The molecular formula is C24H27N7O3. The van der Waals surface area contributed by atoms with E-state index in [1.807, 2.05) is 18.2 Å². The van der Waals surface area contributed by atoms with Crippen molar-refractivity contribution in [3.05, 3.63) is 36.7 Å². The molecule has 2 aliphatic rings. The lowest BCUT2D eigenvalue weighted by Gasteiger charge is -2.39. The van der Waals surface area contributed by atoms with Crippen molar-refractivity contribution < 1.29 is 13.9 Å². The number of carbonyl (C=O) groups excluding carboxylic acids is 1. The number of amides is 1. The number of anilines is 1. The quantitative estimate of drug-likeness (QED) is 0.466. The molecule has 2 aliphatic heterocycles. The molecular weight excluding hydrogens is 434 g/mol. The number of furan rings is 1. The van der Waals surface area contributed by atoms with E-state index < -0.39 is 0 Å². The molecule has 34 heavy (non-hydrogen) atoms. The molecule has 6 rings (SSSR count). The average molecular weight is 462 g/mol. The van der Waals surface area contributed by atoms with Crippen LogP contribution in [-0.2, 0) is 4.79 Å². The van der Waals surface area contributed by atoms with Crippen LogP contribution in [0.15, 0.2) is 41.1 Å². The van der Waals surface area contributed by atoms with Crippen LogP contribution in [-0.4, -0.2) is 63.3 Å². The van der Waals surface area contributed by atoms with Gasteiger partial charge in [0, 0.05) is 43.9 Å². The third-order valence-corrected chi connectivity index (χ3v) is 6.40. The largest absolute Gasteiger partial charge is 0.474 e. The van der Waals surface area contributed by atoms with Crippen LogP contribution in [0.5, 0.6) is 5.88 Å². The monoisotopic (exact) mass is 461 g/mol. The van der Waals surface area contributed by atoms with Gasteiger partial charge in [-0.2, -0.15) is 0 Å². The molecule has 0 spiro atoms. The number of piperazine rings is 1. The maximum Gasteiger partial charge on any atom is 0.231 e. The first kappa shape index (κ1) is 20.9. The van der Waals surface area contributed by atoms with E-state index in [4.69, 9.17) is 9.15 Å². The molecule has 2 fully saturated rings. The molecule has 4 aromatic heterocycles. The van der Waals surface area contributed by atoms with Gasteiger partial charge in [-0.25, -0.2) is 14.5 Å². The number of nitrogens with zero attached hydrogens (tertiary/aromatic N) is 5. The van der Waals surface area contributed by atoms with Crippen molar-refractivity contribution in [2.75, 3.05) is 31.1 Å². The Balaban J connectivity index is 1.31. The molecule has 0 aliphatic carbocycles. The highest BCUT2D eigenvalue weighted by atomic mass is 16.5. The van der Waals surface area contributed by atoms with E-state index in [0.29, 0.717) is 30.3 Å². The fraction of sp³-hybridized carbons (Fsp3) is 0.417. The number of imidazole rings is 1. The van der Waals surface area contributed by atoms with Crippen molar-refractivity contribution >= 4 is 28.3 Å². The number of fused-ring (bicyclic) bond motifs is 2. The molecule has 6 heterocycles. The molecule has 2 saturated heterocycles. The van der Waals surface area contributed by atoms with Gasteiger partial charge in [-0.05, 0) is 38.5 Å². The number of pyridine rings is 1. The van der Waals surface area contributed by atoms with Gasteiger partial charge in [-0.15, -0.1) is 5.10 Å². The molecule has 0 bridgehead atoms. The van der Waals surface area contributed by atoms with Gasteiger partial charge in [-0.3, -0.25) is 4.79 Å². The molecule has 1 atom stereocenters. The number of nitrogens with one attached hydrogen (secondary N) is 2. The van der Waals surface area contributed by atoms with Crippen molar-refractivity contribution in [3.8, 4) is 17.3 Å². The summed E-state index contributed by atoms with van der Waals surface area (Å²) in [4.78, 5) is 22.9. The zero-order valence-electron chi connectivity index (χ0n) is 19.2. The smallest absolute Gasteiger partial charge is 0.231 e. The van der Waals surface area contributed by atoms with Crippen molar-refractivity contribution in [1.82, 2.24) is 30.2 Å². The van der Waals surface area contributed by atoms with Gasteiger partial charge in [0.2, 0.25) is 11.8 Å². The first-order chi connectivity index (χ1) is 16.4. The Morgan fingerprint density at radius 2 is 2.18 bits per heavy atom. The minimum atomic E-state index is 0.0118. The predicted octanol–water partition coefficient (Wildman–Crippen LogP) is 2.38. The summed E-state index contributed by atoms with van der Waals surface area (Å²) in [5.41, 5.74) is 2.21. The second-order valence-corrected chi connectivity index (χ2v) is 9.59. The van der Waals surface area contributed by atoms with E-state index in [2.05, 4.69) is 44.4 Å². The summed E-state index contributed by atoms with van der Waals surface area (Å²) >= 11 is 0. The Hall–Kier alpha value is -3.66. The highest BCUT2D eigenvalue weighted by Crippen LogP contribution is 2.34. The summed E-state index contributed by atoms with van der Waals surface area (Å²) in [6.45, 7) is 7.43. The molecule has 0 radical (unpaired) electrons. The second-order valence-electron chi connectivity index (χ2n) is 9.59. The topological polar surface area (TPSA) is 110 Å². The third kappa shape index (κ3) is 3.83. The fourth-order valence-corrected chi connectivity index (χ4v) is 4.74. The first-order valence-corrected chi connectivity index (χ1v) is 11.6. The van der Waals surface area contributed by atoms with Gasteiger partial charge >= 0.3 is 0 Å².